The number of hydrogen-bond acceptors (Lipinski definition) is 5. The Morgan fingerprint density at radius 2 is 1.87 bits per heavy atom. The van der Waals surface area contributed by atoms with Crippen molar-refractivity contribution in [3.8, 4) is 10.6 Å². The molecule has 0 bridgehead atoms. The number of aryl methyl sites for hydroxylation is 1. The van der Waals surface area contributed by atoms with E-state index in [9.17, 15) is 14.9 Å². The first-order valence-corrected chi connectivity index (χ1v) is 10.0. The van der Waals surface area contributed by atoms with Crippen LogP contribution in [0.5, 0.6) is 0 Å². The van der Waals surface area contributed by atoms with Gasteiger partial charge in [0.1, 0.15) is 5.01 Å². The Morgan fingerprint density at radius 3 is 2.63 bits per heavy atom. The van der Waals surface area contributed by atoms with Crippen LogP contribution in [-0.2, 0) is 4.79 Å². The highest BCUT2D eigenvalue weighted by molar-refractivity contribution is 7.21. The van der Waals surface area contributed by atoms with Gasteiger partial charge in [-0.3, -0.25) is 14.9 Å². The first-order valence-electron chi connectivity index (χ1n) is 9.20. The number of nitrogens with one attached hydrogen (secondary N) is 1. The molecule has 30 heavy (non-hydrogen) atoms. The molecule has 7 heteroatoms. The summed E-state index contributed by atoms with van der Waals surface area (Å²) in [5.41, 5.74) is 4.11. The lowest BCUT2D eigenvalue weighted by atomic mass is 10.1. The number of rotatable bonds is 5. The van der Waals surface area contributed by atoms with Gasteiger partial charge in [-0.1, -0.05) is 18.2 Å². The largest absolute Gasteiger partial charge is 0.323 e. The minimum absolute atomic E-state index is 0.0445. The summed E-state index contributed by atoms with van der Waals surface area (Å²) in [6.07, 6.45) is 2.72. The Labute approximate surface area is 176 Å². The lowest BCUT2D eigenvalue weighted by Gasteiger charge is -2.03. The Hall–Kier alpha value is -3.84. The van der Waals surface area contributed by atoms with Crippen molar-refractivity contribution in [2.45, 2.75) is 6.92 Å². The number of anilines is 1. The average molecular weight is 415 g/mol. The number of fused-ring (bicyclic) bond motifs is 1. The van der Waals surface area contributed by atoms with Crippen LogP contribution in [0, 0.1) is 17.0 Å². The lowest BCUT2D eigenvalue weighted by molar-refractivity contribution is -0.385. The number of hydrogen-bond donors (Lipinski definition) is 1. The predicted octanol–water partition coefficient (Wildman–Crippen LogP) is 5.83. The van der Waals surface area contributed by atoms with Crippen LogP contribution >= 0.6 is 11.3 Å². The number of nitro groups is 1. The van der Waals surface area contributed by atoms with Gasteiger partial charge >= 0.3 is 0 Å². The number of thiazole rings is 1. The van der Waals surface area contributed by atoms with Gasteiger partial charge in [-0.05, 0) is 61.0 Å². The first kappa shape index (κ1) is 19.5. The Kier molecular flexibility index (Phi) is 5.36. The van der Waals surface area contributed by atoms with E-state index in [0.717, 1.165) is 20.8 Å². The standard InChI is InChI=1S/C23H17N3O3S/c1-15-6-12-19-21(14-15)30-23(25-19)17-7-10-18(11-8-17)24-22(27)13-9-16-4-2-3-5-20(16)26(28)29/h2-14H,1H3,(H,24,27). The fourth-order valence-electron chi connectivity index (χ4n) is 3.00. The van der Waals surface area contributed by atoms with Crippen molar-refractivity contribution < 1.29 is 9.72 Å². The summed E-state index contributed by atoms with van der Waals surface area (Å²) in [4.78, 5) is 27.4. The number of amides is 1. The highest BCUT2D eigenvalue weighted by Gasteiger charge is 2.10. The molecular formula is C23H17N3O3S. The fourth-order valence-corrected chi connectivity index (χ4v) is 4.06. The second-order valence-corrected chi connectivity index (χ2v) is 7.74. The summed E-state index contributed by atoms with van der Waals surface area (Å²) in [6, 6.07) is 19.9. The number of para-hydroxylation sites is 1. The Balaban J connectivity index is 1.46. The van der Waals surface area contributed by atoms with Crippen LogP contribution in [0.4, 0.5) is 11.4 Å². The molecule has 0 aliphatic carbocycles. The van der Waals surface area contributed by atoms with Gasteiger partial charge in [0.15, 0.2) is 0 Å². The van der Waals surface area contributed by atoms with Crippen LogP contribution in [0.25, 0.3) is 26.9 Å². The average Bonchev–Trinajstić information content (AvgIpc) is 3.16. The molecule has 4 aromatic rings. The maximum Gasteiger partial charge on any atom is 0.276 e. The van der Waals surface area contributed by atoms with Crippen molar-refractivity contribution in [2.24, 2.45) is 0 Å². The van der Waals surface area contributed by atoms with Crippen molar-refractivity contribution in [3.63, 3.8) is 0 Å². The van der Waals surface area contributed by atoms with Gasteiger partial charge in [0.25, 0.3) is 5.69 Å². The van der Waals surface area contributed by atoms with E-state index in [1.807, 2.05) is 36.4 Å². The van der Waals surface area contributed by atoms with Crippen LogP contribution in [0.2, 0.25) is 0 Å². The zero-order valence-electron chi connectivity index (χ0n) is 16.0. The van der Waals surface area contributed by atoms with Crippen molar-refractivity contribution in [1.82, 2.24) is 4.98 Å². The van der Waals surface area contributed by atoms with Crippen molar-refractivity contribution in [3.05, 3.63) is 94.0 Å². The van der Waals surface area contributed by atoms with Gasteiger partial charge in [0.05, 0.1) is 20.7 Å². The third kappa shape index (κ3) is 4.26. The normalized spacial score (nSPS) is 11.1. The topological polar surface area (TPSA) is 85.1 Å². The van der Waals surface area contributed by atoms with Gasteiger partial charge in [-0.25, -0.2) is 4.98 Å². The van der Waals surface area contributed by atoms with E-state index in [2.05, 4.69) is 23.3 Å². The summed E-state index contributed by atoms with van der Waals surface area (Å²) >= 11 is 1.63. The summed E-state index contributed by atoms with van der Waals surface area (Å²) in [5, 5.41) is 14.7. The van der Waals surface area contributed by atoms with E-state index in [1.165, 1.54) is 23.8 Å². The van der Waals surface area contributed by atoms with E-state index in [0.29, 0.717) is 11.3 Å². The minimum Gasteiger partial charge on any atom is -0.323 e. The van der Waals surface area contributed by atoms with E-state index < -0.39 is 4.92 Å². The van der Waals surface area contributed by atoms with Gasteiger partial charge in [-0.15, -0.1) is 11.3 Å². The molecule has 1 amide bonds. The van der Waals surface area contributed by atoms with Crippen LogP contribution < -0.4 is 5.32 Å². The smallest absolute Gasteiger partial charge is 0.276 e. The molecular weight excluding hydrogens is 398 g/mol. The van der Waals surface area contributed by atoms with Gasteiger partial charge < -0.3 is 5.32 Å². The molecule has 0 aliphatic heterocycles. The van der Waals surface area contributed by atoms with E-state index >= 15 is 0 Å². The Bertz CT molecular complexity index is 1280. The molecule has 1 aromatic heterocycles. The highest BCUT2D eigenvalue weighted by Crippen LogP contribution is 2.31. The number of nitro benzene ring substituents is 1. The molecule has 0 saturated heterocycles. The molecule has 0 radical (unpaired) electrons. The van der Waals surface area contributed by atoms with Crippen molar-refractivity contribution in [2.75, 3.05) is 5.32 Å². The molecule has 0 atom stereocenters. The number of carbonyl (C=O) groups is 1. The SMILES string of the molecule is Cc1ccc2nc(-c3ccc(NC(=O)C=Cc4ccccc4[N+](=O)[O-])cc3)sc2c1. The second kappa shape index (κ2) is 8.26. The molecule has 4 rings (SSSR count). The van der Waals surface area contributed by atoms with E-state index in [1.54, 1.807) is 29.5 Å². The summed E-state index contributed by atoms with van der Waals surface area (Å²) in [5.74, 6) is -0.364. The number of benzene rings is 3. The van der Waals surface area contributed by atoms with Crippen LogP contribution in [-0.4, -0.2) is 15.8 Å². The predicted molar refractivity (Wildman–Crippen MR) is 121 cm³/mol. The molecule has 148 valence electrons. The summed E-state index contributed by atoms with van der Waals surface area (Å²) < 4.78 is 1.14. The molecule has 6 nitrogen and oxygen atoms in total. The number of aromatic nitrogens is 1. The van der Waals surface area contributed by atoms with Crippen LogP contribution in [0.15, 0.2) is 72.8 Å². The molecule has 0 unspecified atom stereocenters. The van der Waals surface area contributed by atoms with E-state index in [-0.39, 0.29) is 11.6 Å². The highest BCUT2D eigenvalue weighted by atomic mass is 32.1. The maximum atomic E-state index is 12.2. The lowest BCUT2D eigenvalue weighted by Crippen LogP contribution is -2.07. The van der Waals surface area contributed by atoms with Gasteiger partial charge in [-0.2, -0.15) is 0 Å². The maximum absolute atomic E-state index is 12.2. The molecule has 1 heterocycles. The fraction of sp³-hybridized carbons (Fsp3) is 0.0435. The molecule has 1 N–H and O–H groups in total. The third-order valence-electron chi connectivity index (χ3n) is 4.49. The molecule has 0 aliphatic rings. The molecule has 3 aromatic carbocycles. The first-order chi connectivity index (χ1) is 14.5. The quantitative estimate of drug-likeness (QED) is 0.252. The van der Waals surface area contributed by atoms with Crippen LogP contribution in [0.1, 0.15) is 11.1 Å². The summed E-state index contributed by atoms with van der Waals surface area (Å²) in [6.45, 7) is 2.06. The molecule has 0 saturated carbocycles. The zero-order valence-corrected chi connectivity index (χ0v) is 16.8. The monoisotopic (exact) mass is 415 g/mol. The number of nitrogens with zero attached hydrogens (tertiary/aromatic N) is 2. The van der Waals surface area contributed by atoms with Crippen LogP contribution in [0.3, 0.4) is 0 Å². The minimum atomic E-state index is -0.473. The number of carbonyl (C=O) groups excluding carboxylic acids is 1. The third-order valence-corrected chi connectivity index (χ3v) is 5.56. The van der Waals surface area contributed by atoms with E-state index in [4.69, 9.17) is 0 Å². The van der Waals surface area contributed by atoms with Crippen molar-refractivity contribution in [1.29, 1.82) is 0 Å². The molecule has 0 spiro atoms. The summed E-state index contributed by atoms with van der Waals surface area (Å²) in [7, 11) is 0. The van der Waals surface area contributed by atoms with Gasteiger partial charge in [0.2, 0.25) is 5.91 Å². The van der Waals surface area contributed by atoms with Gasteiger partial charge in [0, 0.05) is 23.4 Å². The van der Waals surface area contributed by atoms with Crippen molar-refractivity contribution >= 4 is 44.9 Å². The Morgan fingerprint density at radius 1 is 1.10 bits per heavy atom. The molecule has 0 fully saturated rings. The zero-order chi connectivity index (χ0) is 21.1. The second-order valence-electron chi connectivity index (χ2n) is 6.71.